The van der Waals surface area contributed by atoms with Crippen molar-refractivity contribution in [2.75, 3.05) is 6.61 Å². The molecule has 0 aliphatic rings. The summed E-state index contributed by atoms with van der Waals surface area (Å²) in [6.07, 6.45) is 0.933. The van der Waals surface area contributed by atoms with Crippen molar-refractivity contribution in [2.45, 2.75) is 26.7 Å². The molecule has 5 heteroatoms. The summed E-state index contributed by atoms with van der Waals surface area (Å²) < 4.78 is 6.97. The fraction of sp³-hybridized carbons (Fsp3) is 0.240. The smallest absolute Gasteiger partial charge is 0.355 e. The number of rotatable bonds is 7. The van der Waals surface area contributed by atoms with Crippen LogP contribution in [0.2, 0.25) is 0 Å². The van der Waals surface area contributed by atoms with E-state index in [-0.39, 0.29) is 12.4 Å². The van der Waals surface area contributed by atoms with E-state index in [0.29, 0.717) is 40.8 Å². The number of ketones is 1. The number of hydrogen-bond donors (Lipinski definition) is 0. The number of benzene rings is 2. The minimum atomic E-state index is -0.463. The molecule has 0 aliphatic heterocycles. The summed E-state index contributed by atoms with van der Waals surface area (Å²) in [4.78, 5) is 25.2. The number of nitrogens with zero attached hydrogens (tertiary/aromatic N) is 2. The van der Waals surface area contributed by atoms with E-state index in [1.54, 1.807) is 42.8 Å². The monoisotopic (exact) mass is 400 g/mol. The molecule has 0 fully saturated rings. The van der Waals surface area contributed by atoms with E-state index in [0.717, 1.165) is 11.3 Å². The molecule has 0 bridgehead atoms. The summed E-state index contributed by atoms with van der Waals surface area (Å²) >= 11 is 0. The fourth-order valence-corrected chi connectivity index (χ4v) is 3.69. The molecule has 0 radical (unpaired) electrons. The Bertz CT molecular complexity index is 1100. The van der Waals surface area contributed by atoms with Crippen LogP contribution in [0.5, 0.6) is 0 Å². The standard InChI is InChI=1S/C25H24N2O3/c1-4-21-20(16-26)23(24(27(21)3)25(29)30-5-2)19-13-11-18(12-14-19)22(28)15-17-9-7-6-8-10-17/h6-14H,4-5,15H2,1-3H3. The first kappa shape index (κ1) is 21.1. The number of Topliss-reactive ketones (excluding diaryl/α,β-unsaturated/α-hetero) is 1. The van der Waals surface area contributed by atoms with Crippen molar-refractivity contribution < 1.29 is 14.3 Å². The summed E-state index contributed by atoms with van der Waals surface area (Å²) in [7, 11) is 1.77. The van der Waals surface area contributed by atoms with Gasteiger partial charge in [0.1, 0.15) is 11.8 Å². The summed E-state index contributed by atoms with van der Waals surface area (Å²) in [5.41, 5.74) is 4.40. The number of carbonyl (C=O) groups is 2. The minimum absolute atomic E-state index is 0.0150. The third-order valence-corrected chi connectivity index (χ3v) is 5.13. The number of nitriles is 1. The van der Waals surface area contributed by atoms with E-state index < -0.39 is 5.97 Å². The highest BCUT2D eigenvalue weighted by Gasteiger charge is 2.26. The molecule has 5 nitrogen and oxygen atoms in total. The summed E-state index contributed by atoms with van der Waals surface area (Å²) in [6.45, 7) is 3.94. The highest BCUT2D eigenvalue weighted by Crippen LogP contribution is 2.33. The van der Waals surface area contributed by atoms with Crippen molar-refractivity contribution in [3.8, 4) is 17.2 Å². The van der Waals surface area contributed by atoms with Gasteiger partial charge in [-0.15, -0.1) is 0 Å². The van der Waals surface area contributed by atoms with Crippen LogP contribution < -0.4 is 0 Å². The van der Waals surface area contributed by atoms with Crippen LogP contribution in [-0.2, 0) is 24.6 Å². The molecule has 2 aromatic carbocycles. The van der Waals surface area contributed by atoms with Gasteiger partial charge in [-0.25, -0.2) is 4.79 Å². The van der Waals surface area contributed by atoms with Gasteiger partial charge in [-0.1, -0.05) is 61.5 Å². The Morgan fingerprint density at radius 1 is 1.03 bits per heavy atom. The van der Waals surface area contributed by atoms with Crippen molar-refractivity contribution in [3.05, 3.63) is 82.7 Å². The van der Waals surface area contributed by atoms with Gasteiger partial charge in [-0.3, -0.25) is 4.79 Å². The highest BCUT2D eigenvalue weighted by molar-refractivity contribution is 6.00. The van der Waals surface area contributed by atoms with Crippen molar-refractivity contribution in [3.63, 3.8) is 0 Å². The molecule has 0 atom stereocenters. The van der Waals surface area contributed by atoms with Gasteiger partial charge in [0.15, 0.2) is 5.78 Å². The van der Waals surface area contributed by atoms with E-state index in [1.165, 1.54) is 0 Å². The molecule has 0 saturated heterocycles. The van der Waals surface area contributed by atoms with E-state index in [2.05, 4.69) is 6.07 Å². The van der Waals surface area contributed by atoms with Crippen LogP contribution in [0.3, 0.4) is 0 Å². The van der Waals surface area contributed by atoms with Crippen LogP contribution in [0.25, 0.3) is 11.1 Å². The van der Waals surface area contributed by atoms with Gasteiger partial charge in [-0.2, -0.15) is 5.26 Å². The van der Waals surface area contributed by atoms with Crippen molar-refractivity contribution in [1.82, 2.24) is 4.57 Å². The maximum Gasteiger partial charge on any atom is 0.355 e. The first-order valence-electron chi connectivity index (χ1n) is 9.98. The second kappa shape index (κ2) is 9.23. The second-order valence-electron chi connectivity index (χ2n) is 6.95. The van der Waals surface area contributed by atoms with E-state index in [1.807, 2.05) is 37.3 Å². The Kier molecular flexibility index (Phi) is 6.48. The van der Waals surface area contributed by atoms with E-state index in [4.69, 9.17) is 4.74 Å². The average Bonchev–Trinajstić information content (AvgIpc) is 3.06. The molecule has 30 heavy (non-hydrogen) atoms. The molecule has 3 aromatic rings. The normalized spacial score (nSPS) is 10.5. The Hall–Kier alpha value is -3.65. The number of ether oxygens (including phenoxy) is 1. The topological polar surface area (TPSA) is 72.1 Å². The van der Waals surface area contributed by atoms with Crippen LogP contribution in [0.1, 0.15) is 51.5 Å². The van der Waals surface area contributed by atoms with Crippen LogP contribution in [0.15, 0.2) is 54.6 Å². The molecule has 0 amide bonds. The van der Waals surface area contributed by atoms with Gasteiger partial charge < -0.3 is 9.30 Å². The van der Waals surface area contributed by atoms with Gasteiger partial charge in [0.25, 0.3) is 0 Å². The minimum Gasteiger partial charge on any atom is -0.461 e. The van der Waals surface area contributed by atoms with E-state index >= 15 is 0 Å². The largest absolute Gasteiger partial charge is 0.461 e. The molecular weight excluding hydrogens is 376 g/mol. The zero-order chi connectivity index (χ0) is 21.7. The fourth-order valence-electron chi connectivity index (χ4n) is 3.69. The van der Waals surface area contributed by atoms with Crippen molar-refractivity contribution in [2.24, 2.45) is 7.05 Å². The summed E-state index contributed by atoms with van der Waals surface area (Å²) in [5.74, 6) is -0.448. The highest BCUT2D eigenvalue weighted by atomic mass is 16.5. The Balaban J connectivity index is 2.00. The first-order chi connectivity index (χ1) is 14.5. The van der Waals surface area contributed by atoms with Gasteiger partial charge in [-0.05, 0) is 24.5 Å². The molecular formula is C25H24N2O3. The maximum atomic E-state index is 12.6. The molecule has 1 heterocycles. The van der Waals surface area contributed by atoms with Crippen molar-refractivity contribution in [1.29, 1.82) is 5.26 Å². The average molecular weight is 400 g/mol. The quantitative estimate of drug-likeness (QED) is 0.425. The lowest BCUT2D eigenvalue weighted by Gasteiger charge is -2.09. The number of aromatic nitrogens is 1. The van der Waals surface area contributed by atoms with Crippen LogP contribution in [0, 0.1) is 11.3 Å². The van der Waals surface area contributed by atoms with E-state index in [9.17, 15) is 14.9 Å². The van der Waals surface area contributed by atoms with Crippen LogP contribution >= 0.6 is 0 Å². The molecule has 0 unspecified atom stereocenters. The number of esters is 1. The number of hydrogen-bond acceptors (Lipinski definition) is 4. The van der Waals surface area contributed by atoms with Crippen LogP contribution in [0.4, 0.5) is 0 Å². The van der Waals surface area contributed by atoms with Crippen molar-refractivity contribution >= 4 is 11.8 Å². The zero-order valence-corrected chi connectivity index (χ0v) is 17.4. The first-order valence-corrected chi connectivity index (χ1v) is 9.98. The van der Waals surface area contributed by atoms with Crippen LogP contribution in [-0.4, -0.2) is 22.9 Å². The third kappa shape index (κ3) is 4.04. The predicted octanol–water partition coefficient (Wildman–Crippen LogP) is 4.73. The van der Waals surface area contributed by atoms with Gasteiger partial charge in [0, 0.05) is 30.3 Å². The summed E-state index contributed by atoms with van der Waals surface area (Å²) in [5, 5.41) is 9.78. The zero-order valence-electron chi connectivity index (χ0n) is 17.4. The van der Waals surface area contributed by atoms with Gasteiger partial charge in [0.05, 0.1) is 12.2 Å². The molecule has 0 spiro atoms. The number of carbonyl (C=O) groups excluding carboxylic acids is 2. The maximum absolute atomic E-state index is 12.6. The molecule has 0 N–H and O–H groups in total. The lowest BCUT2D eigenvalue weighted by molar-refractivity contribution is 0.0515. The Morgan fingerprint density at radius 3 is 2.27 bits per heavy atom. The molecule has 0 saturated carbocycles. The predicted molar refractivity (Wildman–Crippen MR) is 115 cm³/mol. The lowest BCUT2D eigenvalue weighted by Crippen LogP contribution is -2.12. The Labute approximate surface area is 176 Å². The Morgan fingerprint density at radius 2 is 1.70 bits per heavy atom. The molecule has 152 valence electrons. The second-order valence-corrected chi connectivity index (χ2v) is 6.95. The molecule has 0 aliphatic carbocycles. The van der Waals surface area contributed by atoms with Gasteiger partial charge >= 0.3 is 5.97 Å². The molecule has 1 aromatic heterocycles. The molecule has 3 rings (SSSR count). The SMILES string of the molecule is CCOC(=O)c1c(-c2ccc(C(=O)Cc3ccccc3)cc2)c(C#N)c(CC)n1C. The third-order valence-electron chi connectivity index (χ3n) is 5.13. The lowest BCUT2D eigenvalue weighted by atomic mass is 9.96. The van der Waals surface area contributed by atoms with Gasteiger partial charge in [0.2, 0.25) is 0 Å². The summed E-state index contributed by atoms with van der Waals surface area (Å²) in [6, 6.07) is 18.9.